The fourth-order valence-corrected chi connectivity index (χ4v) is 5.24. The van der Waals surface area contributed by atoms with Crippen LogP contribution < -0.4 is 0 Å². The van der Waals surface area contributed by atoms with Crippen LogP contribution in [-0.2, 0) is 54.2 Å². The summed E-state index contributed by atoms with van der Waals surface area (Å²) < 4.78 is 10.7. The molecule has 0 aliphatic carbocycles. The van der Waals surface area contributed by atoms with Crippen molar-refractivity contribution in [2.75, 3.05) is 13.2 Å². The Morgan fingerprint density at radius 2 is 0.537 bits per heavy atom. The number of thiocarbonyl (C=S) groups is 2. The van der Waals surface area contributed by atoms with Crippen LogP contribution in [-0.4, -0.2) is 22.0 Å². The molecule has 0 saturated heterocycles. The minimum Gasteiger partial charge on any atom is -0.514 e. The Kier molecular flexibility index (Phi) is 48.5. The van der Waals surface area contributed by atoms with Gasteiger partial charge >= 0.3 is 19.5 Å². The van der Waals surface area contributed by atoms with E-state index in [0.29, 0.717) is 13.2 Å². The molecule has 0 saturated carbocycles. The van der Waals surface area contributed by atoms with Crippen molar-refractivity contribution in [2.24, 2.45) is 0 Å². The van der Waals surface area contributed by atoms with Crippen LogP contribution in [0.4, 0.5) is 0 Å². The van der Waals surface area contributed by atoms with E-state index >= 15 is 0 Å². The summed E-state index contributed by atoms with van der Waals surface area (Å²) in [5.74, 6) is 0. The van der Waals surface area contributed by atoms with Gasteiger partial charge in [0.25, 0.3) is 0 Å². The zero-order chi connectivity index (χ0) is 29.8. The fourth-order valence-electron chi connectivity index (χ4n) is 4.90. The predicted octanol–water partition coefficient (Wildman–Crippen LogP) is 12.6. The molecule has 0 heterocycles. The minimum absolute atomic E-state index is 0. The van der Waals surface area contributed by atoms with Crippen LogP contribution in [0.1, 0.15) is 194 Å². The van der Waals surface area contributed by atoms with E-state index in [9.17, 15) is 0 Å². The van der Waals surface area contributed by atoms with Gasteiger partial charge in [0.2, 0.25) is 0 Å². The zero-order valence-corrected chi connectivity index (χ0v) is 33.6. The maximum absolute atomic E-state index is 5.10. The van der Waals surface area contributed by atoms with Gasteiger partial charge in [-0.15, -0.1) is 0 Å². The van der Waals surface area contributed by atoms with Crippen LogP contribution in [0.2, 0.25) is 0 Å². The monoisotopic (exact) mass is 698 g/mol. The molecular formula is C34H66O2S4Zn. The van der Waals surface area contributed by atoms with Crippen LogP contribution >= 0.6 is 24.4 Å². The van der Waals surface area contributed by atoms with Gasteiger partial charge < -0.3 is 59.2 Å². The average molecular weight is 701 g/mol. The zero-order valence-electron chi connectivity index (χ0n) is 27.4. The summed E-state index contributed by atoms with van der Waals surface area (Å²) in [4.78, 5) is 0. The molecule has 0 spiro atoms. The molecule has 0 bridgehead atoms. The standard InChI is InChI=1S/2C17H34OS2.Zn/c2*1-2-3-4-5-6-7-8-9-10-11-12-13-14-15-16-18-17(19)20;/h2*2-16H2,1H3,(H,19,20);/q;;+2/p-2. The predicted molar refractivity (Wildman–Crippen MR) is 192 cm³/mol. The van der Waals surface area contributed by atoms with Crippen molar-refractivity contribution in [1.82, 2.24) is 0 Å². The topological polar surface area (TPSA) is 18.5 Å². The number of hydrogen-bond donors (Lipinski definition) is 0. The van der Waals surface area contributed by atoms with Crippen molar-refractivity contribution in [1.29, 1.82) is 0 Å². The van der Waals surface area contributed by atoms with Crippen LogP contribution in [0.3, 0.4) is 0 Å². The van der Waals surface area contributed by atoms with Crippen LogP contribution in [0.5, 0.6) is 0 Å². The van der Waals surface area contributed by atoms with Gasteiger partial charge in [0.15, 0.2) is 0 Å². The molecule has 2 nitrogen and oxygen atoms in total. The van der Waals surface area contributed by atoms with Gasteiger partial charge in [0.05, 0.1) is 13.2 Å². The van der Waals surface area contributed by atoms with E-state index in [2.05, 4.69) is 63.5 Å². The molecule has 0 radical (unpaired) electrons. The minimum atomic E-state index is 0. The summed E-state index contributed by atoms with van der Waals surface area (Å²) in [6.07, 6.45) is 38.6. The van der Waals surface area contributed by atoms with Crippen molar-refractivity contribution >= 4 is 58.5 Å². The molecule has 0 N–H and O–H groups in total. The second-order valence-electron chi connectivity index (χ2n) is 11.4. The summed E-state index contributed by atoms with van der Waals surface area (Å²) >= 11 is 18.8. The van der Waals surface area contributed by atoms with Crippen LogP contribution in [0.25, 0.3) is 0 Å². The number of ether oxygens (including phenoxy) is 2. The van der Waals surface area contributed by atoms with Gasteiger partial charge in [-0.3, -0.25) is 0 Å². The summed E-state index contributed by atoms with van der Waals surface area (Å²) in [5, 5.41) is 0. The van der Waals surface area contributed by atoms with E-state index in [1.165, 1.54) is 167 Å². The number of hydrogen-bond acceptors (Lipinski definition) is 6. The Hall–Kier alpha value is 0.843. The maximum Gasteiger partial charge on any atom is 2.00 e. The molecule has 0 aromatic rings. The Balaban J connectivity index is -0.000000688. The smallest absolute Gasteiger partial charge is 0.514 e. The first kappa shape index (κ1) is 46.3. The molecule has 0 aromatic heterocycles. The fraction of sp³-hybridized carbons (Fsp3) is 0.941. The second kappa shape index (κ2) is 43.0. The van der Waals surface area contributed by atoms with Gasteiger partial charge in [-0.1, -0.05) is 181 Å². The second-order valence-corrected chi connectivity index (χ2v) is 13.4. The Bertz CT molecular complexity index is 465. The molecule has 0 fully saturated rings. The first-order valence-electron chi connectivity index (χ1n) is 17.2. The quantitative estimate of drug-likeness (QED) is 0.0319. The van der Waals surface area contributed by atoms with Gasteiger partial charge in [0, 0.05) is 8.77 Å². The Morgan fingerprint density at radius 3 is 0.707 bits per heavy atom. The van der Waals surface area contributed by atoms with E-state index < -0.39 is 0 Å². The largest absolute Gasteiger partial charge is 2.00 e. The Morgan fingerprint density at radius 1 is 0.366 bits per heavy atom. The van der Waals surface area contributed by atoms with E-state index in [0.717, 1.165) is 12.8 Å². The van der Waals surface area contributed by atoms with Crippen LogP contribution in [0.15, 0.2) is 0 Å². The first-order valence-corrected chi connectivity index (χ1v) is 18.8. The van der Waals surface area contributed by atoms with Crippen molar-refractivity contribution in [3.63, 3.8) is 0 Å². The van der Waals surface area contributed by atoms with Gasteiger partial charge in [0.1, 0.15) is 0 Å². The Labute approximate surface area is 292 Å². The summed E-state index contributed by atoms with van der Waals surface area (Å²) in [7, 11) is 0. The van der Waals surface area contributed by atoms with Gasteiger partial charge in [-0.25, -0.2) is 0 Å². The van der Waals surface area contributed by atoms with Crippen molar-refractivity contribution in [3.8, 4) is 0 Å². The SMILES string of the molecule is CCCCCCCCCCCCCCCCOC(=S)[S-].CCCCCCCCCCCCCCCCOC(=S)[S-].[Zn+2]. The molecule has 0 amide bonds. The molecule has 0 aliphatic rings. The molecule has 0 aromatic carbocycles. The third-order valence-corrected chi connectivity index (χ3v) is 7.91. The first-order chi connectivity index (χ1) is 19.5. The molecule has 0 rings (SSSR count). The van der Waals surface area contributed by atoms with Crippen LogP contribution in [0, 0.1) is 0 Å². The molecule has 7 heteroatoms. The van der Waals surface area contributed by atoms with Crippen molar-refractivity contribution in [3.05, 3.63) is 0 Å². The van der Waals surface area contributed by atoms with Gasteiger partial charge in [-0.05, 0) is 12.8 Å². The van der Waals surface area contributed by atoms with Gasteiger partial charge in [-0.2, -0.15) is 0 Å². The molecular weight excluding hydrogens is 634 g/mol. The van der Waals surface area contributed by atoms with E-state index in [1.54, 1.807) is 0 Å². The maximum atomic E-state index is 5.10. The summed E-state index contributed by atoms with van der Waals surface area (Å²) in [6.45, 7) is 5.97. The van der Waals surface area contributed by atoms with Crippen molar-refractivity contribution in [2.45, 2.75) is 194 Å². The third-order valence-electron chi connectivity index (χ3n) is 7.44. The average Bonchev–Trinajstić information content (AvgIpc) is 2.93. The van der Waals surface area contributed by atoms with E-state index in [-0.39, 0.29) is 28.2 Å². The molecule has 0 atom stereocenters. The number of rotatable bonds is 30. The van der Waals surface area contributed by atoms with E-state index in [4.69, 9.17) is 9.47 Å². The van der Waals surface area contributed by atoms with E-state index in [1.807, 2.05) is 0 Å². The molecule has 41 heavy (non-hydrogen) atoms. The third kappa shape index (κ3) is 50.8. The number of unbranched alkanes of at least 4 members (excludes halogenated alkanes) is 26. The molecule has 240 valence electrons. The normalized spacial score (nSPS) is 10.4. The summed E-state index contributed by atoms with van der Waals surface area (Å²) in [5.41, 5.74) is 0. The molecule has 0 aliphatic heterocycles. The summed E-state index contributed by atoms with van der Waals surface area (Å²) in [6, 6.07) is 0. The van der Waals surface area contributed by atoms with Crippen molar-refractivity contribution < 1.29 is 29.0 Å². The molecule has 0 unspecified atom stereocenters.